The SMILES string of the molecule is COCCNC(=O)CNC(=O)c1cncc(Cl)n1. The molecular formula is C10H13ClN4O3. The standard InChI is InChI=1S/C10H13ClN4O3/c1-18-3-2-13-9(16)6-14-10(17)7-4-12-5-8(11)15-7/h4-5H,2-3,6H2,1H3,(H,13,16)(H,14,17). The van der Waals surface area contributed by atoms with Gasteiger partial charge in [-0.2, -0.15) is 0 Å². The lowest BCUT2D eigenvalue weighted by atomic mass is 10.4. The quantitative estimate of drug-likeness (QED) is 0.689. The van der Waals surface area contributed by atoms with E-state index < -0.39 is 5.91 Å². The Kier molecular flexibility index (Phi) is 6.03. The van der Waals surface area contributed by atoms with E-state index in [9.17, 15) is 9.59 Å². The Morgan fingerprint density at radius 3 is 2.83 bits per heavy atom. The van der Waals surface area contributed by atoms with E-state index in [1.165, 1.54) is 19.5 Å². The first kappa shape index (κ1) is 14.3. The zero-order valence-electron chi connectivity index (χ0n) is 9.77. The van der Waals surface area contributed by atoms with Crippen molar-refractivity contribution < 1.29 is 14.3 Å². The Balaban J connectivity index is 2.35. The van der Waals surface area contributed by atoms with Crippen molar-refractivity contribution in [2.75, 3.05) is 26.8 Å². The summed E-state index contributed by atoms with van der Waals surface area (Å²) in [5, 5.41) is 5.08. The van der Waals surface area contributed by atoms with Crippen LogP contribution >= 0.6 is 11.6 Å². The molecule has 2 N–H and O–H groups in total. The maximum atomic E-state index is 11.6. The number of carbonyl (C=O) groups is 2. The van der Waals surface area contributed by atoms with Crippen LogP contribution in [0, 0.1) is 0 Å². The van der Waals surface area contributed by atoms with E-state index >= 15 is 0 Å². The molecule has 0 atom stereocenters. The van der Waals surface area contributed by atoms with E-state index in [0.717, 1.165) is 0 Å². The molecule has 0 unspecified atom stereocenters. The summed E-state index contributed by atoms with van der Waals surface area (Å²) < 4.78 is 4.77. The molecule has 0 radical (unpaired) electrons. The second kappa shape index (κ2) is 7.57. The number of nitrogens with one attached hydrogen (secondary N) is 2. The third kappa shape index (κ3) is 5.07. The average molecular weight is 273 g/mol. The fraction of sp³-hybridized carbons (Fsp3) is 0.400. The highest BCUT2D eigenvalue weighted by Crippen LogP contribution is 2.01. The van der Waals surface area contributed by atoms with Crippen molar-refractivity contribution >= 4 is 23.4 Å². The lowest BCUT2D eigenvalue weighted by Crippen LogP contribution is -2.38. The fourth-order valence-corrected chi connectivity index (χ4v) is 1.21. The minimum Gasteiger partial charge on any atom is -0.383 e. The van der Waals surface area contributed by atoms with Gasteiger partial charge < -0.3 is 15.4 Å². The number of nitrogens with zero attached hydrogens (tertiary/aromatic N) is 2. The Morgan fingerprint density at radius 2 is 2.17 bits per heavy atom. The Bertz CT molecular complexity index is 427. The van der Waals surface area contributed by atoms with Gasteiger partial charge in [0.1, 0.15) is 10.8 Å². The van der Waals surface area contributed by atoms with Crippen molar-refractivity contribution in [2.24, 2.45) is 0 Å². The van der Waals surface area contributed by atoms with E-state index in [4.69, 9.17) is 16.3 Å². The molecule has 0 saturated heterocycles. The van der Waals surface area contributed by atoms with E-state index in [1.54, 1.807) is 0 Å². The molecule has 1 aromatic rings. The summed E-state index contributed by atoms with van der Waals surface area (Å²) in [7, 11) is 1.53. The molecule has 98 valence electrons. The topological polar surface area (TPSA) is 93.2 Å². The summed E-state index contributed by atoms with van der Waals surface area (Å²) in [6.45, 7) is 0.665. The van der Waals surface area contributed by atoms with E-state index in [1.807, 2.05) is 0 Å². The third-order valence-corrected chi connectivity index (χ3v) is 2.06. The number of hydrogen-bond donors (Lipinski definition) is 2. The van der Waals surface area contributed by atoms with Crippen LogP contribution in [-0.2, 0) is 9.53 Å². The fourth-order valence-electron chi connectivity index (χ4n) is 1.06. The van der Waals surface area contributed by atoms with Crippen LogP contribution in [0.4, 0.5) is 0 Å². The van der Waals surface area contributed by atoms with Crippen molar-refractivity contribution in [1.82, 2.24) is 20.6 Å². The molecule has 2 amide bonds. The summed E-state index contributed by atoms with van der Waals surface area (Å²) >= 11 is 5.59. The highest BCUT2D eigenvalue weighted by atomic mass is 35.5. The van der Waals surface area contributed by atoms with E-state index in [2.05, 4.69) is 20.6 Å². The number of aromatic nitrogens is 2. The first-order valence-corrected chi connectivity index (χ1v) is 5.52. The molecule has 0 saturated carbocycles. The molecule has 0 spiro atoms. The van der Waals surface area contributed by atoms with Crippen LogP contribution in [0.15, 0.2) is 12.4 Å². The van der Waals surface area contributed by atoms with Crippen molar-refractivity contribution in [2.45, 2.75) is 0 Å². The molecule has 8 heteroatoms. The zero-order chi connectivity index (χ0) is 13.4. The summed E-state index contributed by atoms with van der Waals surface area (Å²) in [4.78, 5) is 30.3. The first-order chi connectivity index (χ1) is 8.63. The molecule has 1 heterocycles. The van der Waals surface area contributed by atoms with Crippen molar-refractivity contribution in [1.29, 1.82) is 0 Å². The summed E-state index contributed by atoms with van der Waals surface area (Å²) in [5.41, 5.74) is 0.0622. The maximum absolute atomic E-state index is 11.6. The molecule has 0 aliphatic carbocycles. The lowest BCUT2D eigenvalue weighted by Gasteiger charge is -2.06. The van der Waals surface area contributed by atoms with Crippen LogP contribution in [0.1, 0.15) is 10.5 Å². The Hall–Kier alpha value is -1.73. The predicted octanol–water partition coefficient (Wildman–Crippen LogP) is -0.378. The molecule has 0 aliphatic rings. The average Bonchev–Trinajstić information content (AvgIpc) is 2.36. The highest BCUT2D eigenvalue weighted by Gasteiger charge is 2.09. The number of hydrogen-bond acceptors (Lipinski definition) is 5. The molecule has 1 rings (SSSR count). The van der Waals surface area contributed by atoms with Gasteiger partial charge in [-0.15, -0.1) is 0 Å². The number of carbonyl (C=O) groups excluding carboxylic acids is 2. The van der Waals surface area contributed by atoms with E-state index in [-0.39, 0.29) is 23.3 Å². The van der Waals surface area contributed by atoms with Gasteiger partial charge in [-0.05, 0) is 0 Å². The largest absolute Gasteiger partial charge is 0.383 e. The van der Waals surface area contributed by atoms with Gasteiger partial charge in [0.2, 0.25) is 5.91 Å². The van der Waals surface area contributed by atoms with Crippen LogP contribution in [0.3, 0.4) is 0 Å². The van der Waals surface area contributed by atoms with Gasteiger partial charge in [-0.25, -0.2) is 4.98 Å². The van der Waals surface area contributed by atoms with Gasteiger partial charge in [0.05, 0.1) is 25.5 Å². The molecule has 18 heavy (non-hydrogen) atoms. The number of amides is 2. The molecule has 0 fully saturated rings. The highest BCUT2D eigenvalue weighted by molar-refractivity contribution is 6.29. The second-order valence-electron chi connectivity index (χ2n) is 3.25. The number of methoxy groups -OCH3 is 1. The van der Waals surface area contributed by atoms with Gasteiger partial charge in [0.25, 0.3) is 5.91 Å². The Labute approximate surface area is 109 Å². The molecular weight excluding hydrogens is 260 g/mol. The van der Waals surface area contributed by atoms with Crippen LogP contribution in [0.2, 0.25) is 5.15 Å². The summed E-state index contributed by atoms with van der Waals surface area (Å²) in [5.74, 6) is -0.817. The van der Waals surface area contributed by atoms with Crippen molar-refractivity contribution in [3.05, 3.63) is 23.2 Å². The lowest BCUT2D eigenvalue weighted by molar-refractivity contribution is -0.120. The molecule has 0 aromatic carbocycles. The van der Waals surface area contributed by atoms with Crippen LogP contribution in [0.25, 0.3) is 0 Å². The smallest absolute Gasteiger partial charge is 0.271 e. The number of rotatable bonds is 6. The van der Waals surface area contributed by atoms with Crippen molar-refractivity contribution in [3.63, 3.8) is 0 Å². The van der Waals surface area contributed by atoms with Crippen LogP contribution in [-0.4, -0.2) is 48.6 Å². The molecule has 0 aliphatic heterocycles. The van der Waals surface area contributed by atoms with Crippen molar-refractivity contribution in [3.8, 4) is 0 Å². The monoisotopic (exact) mass is 272 g/mol. The van der Waals surface area contributed by atoms with Crippen LogP contribution < -0.4 is 10.6 Å². The normalized spacial score (nSPS) is 9.89. The molecule has 0 bridgehead atoms. The van der Waals surface area contributed by atoms with E-state index in [0.29, 0.717) is 13.2 Å². The summed E-state index contributed by atoms with van der Waals surface area (Å²) in [6, 6.07) is 0. The molecule has 1 aromatic heterocycles. The predicted molar refractivity (Wildman–Crippen MR) is 64.3 cm³/mol. The van der Waals surface area contributed by atoms with Gasteiger partial charge >= 0.3 is 0 Å². The third-order valence-electron chi connectivity index (χ3n) is 1.88. The minimum atomic E-state index is -0.508. The molecule has 7 nitrogen and oxygen atoms in total. The maximum Gasteiger partial charge on any atom is 0.271 e. The first-order valence-electron chi connectivity index (χ1n) is 5.15. The van der Waals surface area contributed by atoms with Gasteiger partial charge in [-0.3, -0.25) is 14.6 Å². The van der Waals surface area contributed by atoms with Gasteiger partial charge in [0.15, 0.2) is 0 Å². The zero-order valence-corrected chi connectivity index (χ0v) is 10.5. The van der Waals surface area contributed by atoms with Gasteiger partial charge in [0, 0.05) is 13.7 Å². The minimum absolute atomic E-state index is 0.0622. The Morgan fingerprint density at radius 1 is 1.39 bits per heavy atom. The number of halogens is 1. The van der Waals surface area contributed by atoms with Gasteiger partial charge in [-0.1, -0.05) is 11.6 Å². The summed E-state index contributed by atoms with van der Waals surface area (Å²) in [6.07, 6.45) is 2.58. The number of ether oxygens (including phenoxy) is 1. The second-order valence-corrected chi connectivity index (χ2v) is 3.64. The van der Waals surface area contributed by atoms with Crippen LogP contribution in [0.5, 0.6) is 0 Å².